The van der Waals surface area contributed by atoms with E-state index in [1.165, 1.54) is 5.56 Å². The first kappa shape index (κ1) is 13.1. The zero-order valence-corrected chi connectivity index (χ0v) is 10.9. The zero-order valence-electron chi connectivity index (χ0n) is 10.9. The second-order valence-corrected chi connectivity index (χ2v) is 5.10. The van der Waals surface area contributed by atoms with Crippen LogP contribution in [0.5, 0.6) is 0 Å². The van der Waals surface area contributed by atoms with Crippen molar-refractivity contribution in [3.05, 3.63) is 18.0 Å². The quantitative estimate of drug-likeness (QED) is 0.834. The first-order chi connectivity index (χ1) is 8.67. The predicted octanol–water partition coefficient (Wildman–Crippen LogP) is 1.59. The average molecular weight is 251 g/mol. The van der Waals surface area contributed by atoms with Crippen LogP contribution in [0.25, 0.3) is 0 Å². The summed E-state index contributed by atoms with van der Waals surface area (Å²) in [6.07, 6.45) is 6.39. The number of carboxylic acids is 1. The van der Waals surface area contributed by atoms with Crippen LogP contribution in [0.3, 0.4) is 0 Å². The minimum atomic E-state index is -0.683. The Bertz CT molecular complexity index is 403. The Morgan fingerprint density at radius 2 is 2.44 bits per heavy atom. The minimum Gasteiger partial charge on any atom is -0.481 e. The summed E-state index contributed by atoms with van der Waals surface area (Å²) in [6, 6.07) is 0. The highest BCUT2D eigenvalue weighted by molar-refractivity contribution is 5.67. The third-order valence-corrected chi connectivity index (χ3v) is 3.38. The number of rotatable bonds is 6. The number of carbonyl (C=O) groups is 1. The number of hydrogen-bond acceptors (Lipinski definition) is 3. The van der Waals surface area contributed by atoms with Crippen LogP contribution in [-0.2, 0) is 17.9 Å². The number of nitrogens with zero attached hydrogens (tertiary/aromatic N) is 3. The van der Waals surface area contributed by atoms with E-state index in [2.05, 4.69) is 23.1 Å². The topological polar surface area (TPSA) is 58.4 Å². The molecule has 0 spiro atoms. The maximum atomic E-state index is 10.7. The van der Waals surface area contributed by atoms with Crippen molar-refractivity contribution in [1.29, 1.82) is 0 Å². The van der Waals surface area contributed by atoms with Gasteiger partial charge in [0.05, 0.1) is 6.20 Å². The zero-order chi connectivity index (χ0) is 13.0. The SMILES string of the molecule is CCCn1cc(CN2CCC(CC(=O)O)C2)cn1. The summed E-state index contributed by atoms with van der Waals surface area (Å²) >= 11 is 0. The van der Waals surface area contributed by atoms with Gasteiger partial charge in [-0.3, -0.25) is 14.4 Å². The van der Waals surface area contributed by atoms with Crippen LogP contribution in [0.1, 0.15) is 31.7 Å². The van der Waals surface area contributed by atoms with Gasteiger partial charge in [-0.05, 0) is 25.3 Å². The number of aliphatic carboxylic acids is 1. The van der Waals surface area contributed by atoms with Crippen molar-refractivity contribution in [3.63, 3.8) is 0 Å². The maximum absolute atomic E-state index is 10.7. The third-order valence-electron chi connectivity index (χ3n) is 3.38. The molecule has 0 radical (unpaired) electrons. The van der Waals surface area contributed by atoms with Crippen molar-refractivity contribution in [2.45, 2.75) is 39.3 Å². The Kier molecular flexibility index (Phi) is 4.36. The fraction of sp³-hybridized carbons (Fsp3) is 0.692. The van der Waals surface area contributed by atoms with Crippen LogP contribution in [0.2, 0.25) is 0 Å². The summed E-state index contributed by atoms with van der Waals surface area (Å²) < 4.78 is 1.97. The fourth-order valence-corrected chi connectivity index (χ4v) is 2.57. The van der Waals surface area contributed by atoms with Gasteiger partial charge in [-0.15, -0.1) is 0 Å². The molecule has 2 rings (SSSR count). The summed E-state index contributed by atoms with van der Waals surface area (Å²) in [7, 11) is 0. The third kappa shape index (κ3) is 3.57. The average Bonchev–Trinajstić information content (AvgIpc) is 2.89. The van der Waals surface area contributed by atoms with Gasteiger partial charge in [0.2, 0.25) is 0 Å². The lowest BCUT2D eigenvalue weighted by molar-refractivity contribution is -0.138. The molecule has 1 atom stereocenters. The largest absolute Gasteiger partial charge is 0.481 e. The number of aromatic nitrogens is 2. The molecule has 5 heteroatoms. The first-order valence-corrected chi connectivity index (χ1v) is 6.63. The van der Waals surface area contributed by atoms with E-state index in [1.54, 1.807) is 0 Å². The molecule has 1 N–H and O–H groups in total. The molecule has 1 aliphatic rings. The standard InChI is InChI=1S/C13H21N3O2/c1-2-4-16-10-12(7-14-16)9-15-5-3-11(8-15)6-13(17)18/h7,10-11H,2-6,8-9H2,1H3,(H,17,18). The van der Waals surface area contributed by atoms with Crippen molar-refractivity contribution < 1.29 is 9.90 Å². The molecular weight excluding hydrogens is 230 g/mol. The molecular formula is C13H21N3O2. The summed E-state index contributed by atoms with van der Waals surface area (Å²) in [5.41, 5.74) is 1.22. The molecule has 1 aliphatic heterocycles. The molecule has 0 aromatic carbocycles. The van der Waals surface area contributed by atoms with Crippen LogP contribution < -0.4 is 0 Å². The molecule has 0 bridgehead atoms. The molecule has 18 heavy (non-hydrogen) atoms. The molecule has 0 amide bonds. The van der Waals surface area contributed by atoms with Gasteiger partial charge >= 0.3 is 5.97 Å². The smallest absolute Gasteiger partial charge is 0.303 e. The molecule has 1 aromatic heterocycles. The van der Waals surface area contributed by atoms with Gasteiger partial charge in [-0.1, -0.05) is 6.92 Å². The second kappa shape index (κ2) is 6.00. The van der Waals surface area contributed by atoms with E-state index in [0.717, 1.165) is 39.0 Å². The van der Waals surface area contributed by atoms with Crippen molar-refractivity contribution in [2.75, 3.05) is 13.1 Å². The highest BCUT2D eigenvalue weighted by Gasteiger charge is 2.24. The molecule has 1 aromatic rings. The Morgan fingerprint density at radius 1 is 1.61 bits per heavy atom. The van der Waals surface area contributed by atoms with Gasteiger partial charge in [0.1, 0.15) is 0 Å². The van der Waals surface area contributed by atoms with E-state index in [9.17, 15) is 4.79 Å². The minimum absolute atomic E-state index is 0.297. The van der Waals surface area contributed by atoms with Gasteiger partial charge in [0.15, 0.2) is 0 Å². The van der Waals surface area contributed by atoms with E-state index in [1.807, 2.05) is 10.9 Å². The van der Waals surface area contributed by atoms with Gasteiger partial charge in [0, 0.05) is 37.8 Å². The molecule has 1 unspecified atom stereocenters. The van der Waals surface area contributed by atoms with Crippen molar-refractivity contribution in [2.24, 2.45) is 5.92 Å². The number of likely N-dealkylation sites (tertiary alicyclic amines) is 1. The van der Waals surface area contributed by atoms with Crippen LogP contribution >= 0.6 is 0 Å². The van der Waals surface area contributed by atoms with Crippen molar-refractivity contribution in [1.82, 2.24) is 14.7 Å². The molecule has 5 nitrogen and oxygen atoms in total. The summed E-state index contributed by atoms with van der Waals surface area (Å²) in [6.45, 7) is 5.88. The van der Waals surface area contributed by atoms with Crippen LogP contribution in [0.15, 0.2) is 12.4 Å². The number of aryl methyl sites for hydroxylation is 1. The van der Waals surface area contributed by atoms with Crippen molar-refractivity contribution in [3.8, 4) is 0 Å². The van der Waals surface area contributed by atoms with E-state index in [-0.39, 0.29) is 0 Å². The number of hydrogen-bond donors (Lipinski definition) is 1. The lowest BCUT2D eigenvalue weighted by atomic mass is 10.1. The summed E-state index contributed by atoms with van der Waals surface area (Å²) in [5.74, 6) is -0.370. The molecule has 0 aliphatic carbocycles. The summed E-state index contributed by atoms with van der Waals surface area (Å²) in [4.78, 5) is 13.0. The van der Waals surface area contributed by atoms with Gasteiger partial charge in [-0.25, -0.2) is 0 Å². The molecule has 2 heterocycles. The monoisotopic (exact) mass is 251 g/mol. The van der Waals surface area contributed by atoms with E-state index >= 15 is 0 Å². The fourth-order valence-electron chi connectivity index (χ4n) is 2.57. The van der Waals surface area contributed by atoms with E-state index < -0.39 is 5.97 Å². The Labute approximate surface area is 107 Å². The van der Waals surface area contributed by atoms with Crippen LogP contribution in [-0.4, -0.2) is 38.8 Å². The Morgan fingerprint density at radius 3 is 3.17 bits per heavy atom. The van der Waals surface area contributed by atoms with E-state index in [4.69, 9.17) is 5.11 Å². The first-order valence-electron chi connectivity index (χ1n) is 6.63. The number of carboxylic acid groups (broad SMARTS) is 1. The molecule has 0 saturated carbocycles. The Balaban J connectivity index is 1.81. The van der Waals surface area contributed by atoms with Gasteiger partial charge in [-0.2, -0.15) is 5.10 Å². The molecule has 1 fully saturated rings. The highest BCUT2D eigenvalue weighted by atomic mass is 16.4. The maximum Gasteiger partial charge on any atom is 0.303 e. The van der Waals surface area contributed by atoms with Crippen LogP contribution in [0.4, 0.5) is 0 Å². The van der Waals surface area contributed by atoms with Crippen LogP contribution in [0, 0.1) is 5.92 Å². The van der Waals surface area contributed by atoms with Gasteiger partial charge in [0.25, 0.3) is 0 Å². The molecule has 1 saturated heterocycles. The predicted molar refractivity (Wildman–Crippen MR) is 68.2 cm³/mol. The molecule has 100 valence electrons. The normalized spacial score (nSPS) is 20.4. The van der Waals surface area contributed by atoms with Gasteiger partial charge < -0.3 is 5.11 Å². The highest BCUT2D eigenvalue weighted by Crippen LogP contribution is 2.21. The lowest BCUT2D eigenvalue weighted by Gasteiger charge is -2.14. The summed E-state index contributed by atoms with van der Waals surface area (Å²) in [5, 5.41) is 13.1. The lowest BCUT2D eigenvalue weighted by Crippen LogP contribution is -2.20. The Hall–Kier alpha value is -1.36. The van der Waals surface area contributed by atoms with E-state index in [0.29, 0.717) is 12.3 Å². The van der Waals surface area contributed by atoms with Crippen molar-refractivity contribution >= 4 is 5.97 Å². The second-order valence-electron chi connectivity index (χ2n) is 5.10.